The van der Waals surface area contributed by atoms with Gasteiger partial charge >= 0.3 is 0 Å². The second kappa shape index (κ2) is 8.31. The first-order valence-electron chi connectivity index (χ1n) is 8.48. The summed E-state index contributed by atoms with van der Waals surface area (Å²) in [6, 6.07) is 15.6. The maximum absolute atomic E-state index is 6.02. The molecule has 140 valence electrons. The summed E-state index contributed by atoms with van der Waals surface area (Å²) in [7, 11) is 0. The summed E-state index contributed by atoms with van der Waals surface area (Å²) in [6.07, 6.45) is 3.53. The Kier molecular flexibility index (Phi) is 5.62. The zero-order valence-electron chi connectivity index (χ0n) is 14.9. The lowest BCUT2D eigenvalue weighted by Crippen LogP contribution is -2.02. The maximum atomic E-state index is 6.02. The summed E-state index contributed by atoms with van der Waals surface area (Å²) >= 11 is 13.6. The Morgan fingerprint density at radius 2 is 1.79 bits per heavy atom. The van der Waals surface area contributed by atoms with Crippen LogP contribution in [0.2, 0.25) is 10.3 Å². The van der Waals surface area contributed by atoms with Gasteiger partial charge in [-0.1, -0.05) is 53.2 Å². The number of pyridine rings is 2. The van der Waals surface area contributed by atoms with E-state index in [2.05, 4.69) is 43.8 Å². The molecule has 0 atom stereocenters. The van der Waals surface area contributed by atoms with Gasteiger partial charge < -0.3 is 0 Å². The van der Waals surface area contributed by atoms with Gasteiger partial charge in [-0.3, -0.25) is 9.55 Å². The fraction of sp³-hybridized carbons (Fsp3) is 0.100. The molecule has 5 nitrogen and oxygen atoms in total. The van der Waals surface area contributed by atoms with Crippen molar-refractivity contribution in [3.8, 4) is 17.1 Å². The highest BCUT2D eigenvalue weighted by Crippen LogP contribution is 2.31. The smallest absolute Gasteiger partial charge is 0.196 e. The lowest BCUT2D eigenvalue weighted by Gasteiger charge is -2.12. The molecule has 0 aliphatic heterocycles. The van der Waals surface area contributed by atoms with E-state index in [9.17, 15) is 0 Å². The molecular weight excluding hydrogens is 413 g/mol. The van der Waals surface area contributed by atoms with E-state index >= 15 is 0 Å². The quantitative estimate of drug-likeness (QED) is 0.305. The van der Waals surface area contributed by atoms with Crippen molar-refractivity contribution in [3.05, 3.63) is 82.4 Å². The molecule has 4 aromatic rings. The van der Waals surface area contributed by atoms with Crippen LogP contribution >= 0.6 is 35.0 Å². The van der Waals surface area contributed by atoms with Crippen LogP contribution in [0.4, 0.5) is 0 Å². The summed E-state index contributed by atoms with van der Waals surface area (Å²) in [6.45, 7) is 2.07. The third-order valence-corrected chi connectivity index (χ3v) is 5.49. The minimum atomic E-state index is 0.375. The van der Waals surface area contributed by atoms with Crippen molar-refractivity contribution in [1.82, 2.24) is 24.7 Å². The molecule has 3 heterocycles. The maximum Gasteiger partial charge on any atom is 0.196 e. The lowest BCUT2D eigenvalue weighted by molar-refractivity contribution is 0.880. The summed E-state index contributed by atoms with van der Waals surface area (Å²) in [5.74, 6) is 1.38. The Balaban J connectivity index is 1.75. The van der Waals surface area contributed by atoms with Crippen LogP contribution in [0.3, 0.4) is 0 Å². The lowest BCUT2D eigenvalue weighted by atomic mass is 10.2. The number of halogens is 2. The predicted octanol–water partition coefficient (Wildman–Crippen LogP) is 5.63. The molecule has 0 spiro atoms. The van der Waals surface area contributed by atoms with E-state index < -0.39 is 0 Å². The van der Waals surface area contributed by atoms with Crippen LogP contribution in [0, 0.1) is 6.92 Å². The first-order chi connectivity index (χ1) is 13.6. The zero-order chi connectivity index (χ0) is 19.5. The van der Waals surface area contributed by atoms with Gasteiger partial charge in [0.25, 0.3) is 0 Å². The van der Waals surface area contributed by atoms with Crippen LogP contribution < -0.4 is 0 Å². The van der Waals surface area contributed by atoms with Gasteiger partial charge in [0.2, 0.25) is 0 Å². The van der Waals surface area contributed by atoms with Crippen LogP contribution in [0.25, 0.3) is 17.1 Å². The van der Waals surface area contributed by atoms with E-state index in [4.69, 9.17) is 23.2 Å². The predicted molar refractivity (Wildman–Crippen MR) is 113 cm³/mol. The largest absolute Gasteiger partial charge is 0.270 e. The SMILES string of the molecule is Cc1ccccc1-n1c(SCc2cc(Cl)nc(Cl)c2)nnc1-c1cccnc1. The van der Waals surface area contributed by atoms with Crippen LogP contribution in [-0.2, 0) is 5.75 Å². The molecule has 0 aliphatic rings. The Morgan fingerprint density at radius 3 is 2.50 bits per heavy atom. The Labute approximate surface area is 176 Å². The molecule has 8 heteroatoms. The fourth-order valence-corrected chi connectivity index (χ4v) is 4.20. The third-order valence-electron chi connectivity index (χ3n) is 4.10. The van der Waals surface area contributed by atoms with Crippen molar-refractivity contribution in [2.24, 2.45) is 0 Å². The summed E-state index contributed by atoms with van der Waals surface area (Å²) in [4.78, 5) is 8.21. The molecule has 0 saturated carbocycles. The summed E-state index contributed by atoms with van der Waals surface area (Å²) in [5, 5.41) is 10.4. The molecule has 28 heavy (non-hydrogen) atoms. The number of aromatic nitrogens is 5. The van der Waals surface area contributed by atoms with Crippen LogP contribution in [-0.4, -0.2) is 24.7 Å². The van der Waals surface area contributed by atoms with Gasteiger partial charge in [-0.05, 0) is 48.4 Å². The van der Waals surface area contributed by atoms with Crippen molar-refractivity contribution in [2.45, 2.75) is 17.8 Å². The van der Waals surface area contributed by atoms with E-state index in [1.165, 1.54) is 0 Å². The number of hydrogen-bond donors (Lipinski definition) is 0. The average Bonchev–Trinajstić information content (AvgIpc) is 3.10. The van der Waals surface area contributed by atoms with Crippen LogP contribution in [0.1, 0.15) is 11.1 Å². The van der Waals surface area contributed by atoms with E-state index in [1.807, 2.05) is 24.3 Å². The van der Waals surface area contributed by atoms with E-state index in [1.54, 1.807) is 36.3 Å². The molecule has 0 aliphatic carbocycles. The highest BCUT2D eigenvalue weighted by molar-refractivity contribution is 7.98. The highest BCUT2D eigenvalue weighted by Gasteiger charge is 2.17. The molecular formula is C20H15Cl2N5S. The van der Waals surface area contributed by atoms with Crippen molar-refractivity contribution >= 4 is 35.0 Å². The van der Waals surface area contributed by atoms with Crippen LogP contribution in [0.15, 0.2) is 66.1 Å². The number of benzene rings is 1. The Morgan fingerprint density at radius 1 is 1.00 bits per heavy atom. The first kappa shape index (κ1) is 18.9. The van der Waals surface area contributed by atoms with Gasteiger partial charge in [0.1, 0.15) is 10.3 Å². The van der Waals surface area contributed by atoms with E-state index in [0.29, 0.717) is 16.1 Å². The number of aryl methyl sites for hydroxylation is 1. The molecule has 0 radical (unpaired) electrons. The molecule has 3 aromatic heterocycles. The number of nitrogens with zero attached hydrogens (tertiary/aromatic N) is 5. The Hall–Kier alpha value is -2.41. The highest BCUT2D eigenvalue weighted by atomic mass is 35.5. The zero-order valence-corrected chi connectivity index (χ0v) is 17.2. The molecule has 0 fully saturated rings. The van der Waals surface area contributed by atoms with E-state index in [-0.39, 0.29) is 0 Å². The van der Waals surface area contributed by atoms with E-state index in [0.717, 1.165) is 33.4 Å². The van der Waals surface area contributed by atoms with Crippen molar-refractivity contribution in [3.63, 3.8) is 0 Å². The van der Waals surface area contributed by atoms with Crippen molar-refractivity contribution in [1.29, 1.82) is 0 Å². The molecule has 0 unspecified atom stereocenters. The molecule has 0 N–H and O–H groups in total. The standard InChI is InChI=1S/C20H15Cl2N5S/c1-13-5-2-3-7-16(13)27-19(15-6-4-8-23-11-15)25-26-20(27)28-12-14-9-17(21)24-18(22)10-14/h2-11H,12H2,1H3. The van der Waals surface area contributed by atoms with Gasteiger partial charge in [-0.15, -0.1) is 10.2 Å². The third kappa shape index (κ3) is 4.04. The average molecular weight is 428 g/mol. The second-order valence-corrected chi connectivity index (χ2v) is 7.80. The normalized spacial score (nSPS) is 11.0. The fourth-order valence-electron chi connectivity index (χ4n) is 2.82. The minimum Gasteiger partial charge on any atom is -0.270 e. The first-order valence-corrected chi connectivity index (χ1v) is 10.2. The molecule has 1 aromatic carbocycles. The molecule has 4 rings (SSSR count). The molecule has 0 bridgehead atoms. The van der Waals surface area contributed by atoms with Crippen molar-refractivity contribution < 1.29 is 0 Å². The second-order valence-electron chi connectivity index (χ2n) is 6.08. The number of para-hydroxylation sites is 1. The van der Waals surface area contributed by atoms with Gasteiger partial charge in [-0.2, -0.15) is 0 Å². The molecule has 0 saturated heterocycles. The number of rotatable bonds is 5. The summed E-state index contributed by atoms with van der Waals surface area (Å²) in [5.41, 5.74) is 4.03. The van der Waals surface area contributed by atoms with Gasteiger partial charge in [0.05, 0.1) is 5.69 Å². The number of thioether (sulfide) groups is 1. The monoisotopic (exact) mass is 427 g/mol. The van der Waals surface area contributed by atoms with Gasteiger partial charge in [0.15, 0.2) is 11.0 Å². The van der Waals surface area contributed by atoms with Gasteiger partial charge in [0, 0.05) is 23.7 Å². The van der Waals surface area contributed by atoms with Gasteiger partial charge in [-0.25, -0.2) is 4.98 Å². The number of hydrogen-bond acceptors (Lipinski definition) is 5. The minimum absolute atomic E-state index is 0.375. The molecule has 0 amide bonds. The summed E-state index contributed by atoms with van der Waals surface area (Å²) < 4.78 is 2.06. The van der Waals surface area contributed by atoms with Crippen molar-refractivity contribution in [2.75, 3.05) is 0 Å². The topological polar surface area (TPSA) is 56.5 Å². The Bertz CT molecular complexity index is 1090. The van der Waals surface area contributed by atoms with Crippen LogP contribution in [0.5, 0.6) is 0 Å².